The molecule has 3 aromatic heterocycles. The molecule has 0 bridgehead atoms. The van der Waals surface area contributed by atoms with Gasteiger partial charge in [0.15, 0.2) is 5.82 Å². The van der Waals surface area contributed by atoms with Gasteiger partial charge in [-0.2, -0.15) is 9.61 Å². The summed E-state index contributed by atoms with van der Waals surface area (Å²) in [5.74, 6) is 0.638. The van der Waals surface area contributed by atoms with E-state index in [1.54, 1.807) is 16.9 Å². The van der Waals surface area contributed by atoms with Crippen molar-refractivity contribution < 1.29 is 5.11 Å². The SMILES string of the molecule is OCc1nn2c(-c3cccnc3)nnc2s1. The van der Waals surface area contributed by atoms with E-state index in [2.05, 4.69) is 20.3 Å². The Morgan fingerprint density at radius 2 is 2.31 bits per heavy atom. The summed E-state index contributed by atoms with van der Waals surface area (Å²) in [6.45, 7) is -0.0828. The predicted molar refractivity (Wildman–Crippen MR) is 57.8 cm³/mol. The van der Waals surface area contributed by atoms with E-state index < -0.39 is 0 Å². The zero-order valence-corrected chi connectivity index (χ0v) is 8.92. The highest BCUT2D eigenvalue weighted by Gasteiger charge is 2.12. The molecular formula is C9H7N5OS. The minimum absolute atomic E-state index is 0.0828. The van der Waals surface area contributed by atoms with Gasteiger partial charge in [-0.15, -0.1) is 10.2 Å². The molecule has 0 aliphatic heterocycles. The van der Waals surface area contributed by atoms with Crippen LogP contribution in [0.5, 0.6) is 0 Å². The molecule has 0 fully saturated rings. The molecule has 3 heterocycles. The Morgan fingerprint density at radius 3 is 3.06 bits per heavy atom. The molecule has 0 spiro atoms. The summed E-state index contributed by atoms with van der Waals surface area (Å²) in [4.78, 5) is 4.69. The van der Waals surface area contributed by atoms with Crippen LogP contribution in [0.1, 0.15) is 5.01 Å². The second-order valence-corrected chi connectivity index (χ2v) is 4.15. The van der Waals surface area contributed by atoms with E-state index >= 15 is 0 Å². The molecule has 0 aromatic carbocycles. The minimum Gasteiger partial charge on any atom is -0.389 e. The number of hydrogen-bond donors (Lipinski definition) is 1. The number of fused-ring (bicyclic) bond motifs is 1. The zero-order valence-electron chi connectivity index (χ0n) is 8.11. The van der Waals surface area contributed by atoms with Gasteiger partial charge in [0.25, 0.3) is 0 Å². The third-order valence-electron chi connectivity index (χ3n) is 2.09. The fourth-order valence-electron chi connectivity index (χ4n) is 1.40. The highest BCUT2D eigenvalue weighted by Crippen LogP contribution is 2.20. The molecule has 80 valence electrons. The van der Waals surface area contributed by atoms with E-state index in [0.29, 0.717) is 15.8 Å². The van der Waals surface area contributed by atoms with Crippen molar-refractivity contribution in [2.24, 2.45) is 0 Å². The average Bonchev–Trinajstić information content (AvgIpc) is 2.88. The van der Waals surface area contributed by atoms with Crippen molar-refractivity contribution in [3.63, 3.8) is 0 Å². The first kappa shape index (κ1) is 9.37. The standard InChI is InChI=1S/C9H7N5OS/c15-5-7-13-14-8(11-12-9(14)16-7)6-2-1-3-10-4-6/h1-4,15H,5H2. The van der Waals surface area contributed by atoms with Crippen LogP contribution in [0.4, 0.5) is 0 Å². The smallest absolute Gasteiger partial charge is 0.235 e. The summed E-state index contributed by atoms with van der Waals surface area (Å²) >= 11 is 1.32. The maximum absolute atomic E-state index is 8.99. The number of aromatic nitrogens is 5. The third kappa shape index (κ3) is 1.37. The quantitative estimate of drug-likeness (QED) is 0.706. The normalized spacial score (nSPS) is 11.1. The van der Waals surface area contributed by atoms with Crippen molar-refractivity contribution >= 4 is 16.3 Å². The van der Waals surface area contributed by atoms with E-state index in [1.807, 2.05) is 12.1 Å². The van der Waals surface area contributed by atoms with E-state index in [4.69, 9.17) is 5.11 Å². The van der Waals surface area contributed by atoms with Crippen LogP contribution in [0.25, 0.3) is 16.3 Å². The second-order valence-electron chi connectivity index (χ2n) is 3.11. The minimum atomic E-state index is -0.0828. The maximum atomic E-state index is 8.99. The number of hydrogen-bond acceptors (Lipinski definition) is 6. The molecule has 3 rings (SSSR count). The van der Waals surface area contributed by atoms with Crippen LogP contribution in [0.3, 0.4) is 0 Å². The highest BCUT2D eigenvalue weighted by atomic mass is 32.1. The maximum Gasteiger partial charge on any atom is 0.235 e. The monoisotopic (exact) mass is 233 g/mol. The van der Waals surface area contributed by atoms with Gasteiger partial charge in [0.2, 0.25) is 4.96 Å². The van der Waals surface area contributed by atoms with Crippen molar-refractivity contribution in [3.8, 4) is 11.4 Å². The van der Waals surface area contributed by atoms with Gasteiger partial charge >= 0.3 is 0 Å². The Labute approximate surface area is 94.2 Å². The number of pyridine rings is 1. The Hall–Kier alpha value is -1.86. The predicted octanol–water partition coefficient (Wildman–Crippen LogP) is 0.740. The highest BCUT2D eigenvalue weighted by molar-refractivity contribution is 7.16. The van der Waals surface area contributed by atoms with Gasteiger partial charge in [-0.1, -0.05) is 11.3 Å². The molecule has 0 unspecified atom stereocenters. The van der Waals surface area contributed by atoms with Crippen LogP contribution in [0, 0.1) is 0 Å². The van der Waals surface area contributed by atoms with Crippen LogP contribution in [-0.2, 0) is 6.61 Å². The van der Waals surface area contributed by atoms with Gasteiger partial charge < -0.3 is 5.11 Å². The molecule has 0 saturated carbocycles. The fourth-order valence-corrected chi connectivity index (χ4v) is 2.09. The van der Waals surface area contributed by atoms with E-state index in [1.165, 1.54) is 11.3 Å². The lowest BCUT2D eigenvalue weighted by Gasteiger charge is -1.94. The van der Waals surface area contributed by atoms with Crippen LogP contribution in [0.15, 0.2) is 24.5 Å². The molecule has 0 aliphatic carbocycles. The van der Waals surface area contributed by atoms with Gasteiger partial charge in [0.1, 0.15) is 5.01 Å². The molecule has 7 heteroatoms. The lowest BCUT2D eigenvalue weighted by atomic mass is 10.3. The third-order valence-corrected chi connectivity index (χ3v) is 2.97. The van der Waals surface area contributed by atoms with Gasteiger partial charge in [-0.05, 0) is 12.1 Å². The van der Waals surface area contributed by atoms with E-state index in [9.17, 15) is 0 Å². The Kier molecular flexibility index (Phi) is 2.12. The summed E-state index contributed by atoms with van der Waals surface area (Å²) in [6.07, 6.45) is 3.40. The van der Waals surface area contributed by atoms with E-state index in [0.717, 1.165) is 5.56 Å². The van der Waals surface area contributed by atoms with Gasteiger partial charge in [-0.25, -0.2) is 0 Å². The molecule has 0 atom stereocenters. The molecule has 0 radical (unpaired) electrons. The zero-order chi connectivity index (χ0) is 11.0. The summed E-state index contributed by atoms with van der Waals surface area (Å²) < 4.78 is 1.62. The molecule has 3 aromatic rings. The van der Waals surface area contributed by atoms with Gasteiger partial charge in [0.05, 0.1) is 6.61 Å². The van der Waals surface area contributed by atoms with Crippen LogP contribution >= 0.6 is 11.3 Å². The van der Waals surface area contributed by atoms with Crippen LogP contribution in [-0.4, -0.2) is 29.9 Å². The Morgan fingerprint density at radius 1 is 1.38 bits per heavy atom. The molecule has 1 N–H and O–H groups in total. The molecule has 6 nitrogen and oxygen atoms in total. The summed E-state index contributed by atoms with van der Waals surface area (Å²) in [7, 11) is 0. The van der Waals surface area contributed by atoms with Crippen molar-refractivity contribution in [1.82, 2.24) is 24.8 Å². The Balaban J connectivity index is 2.20. The topological polar surface area (TPSA) is 76.2 Å². The van der Waals surface area contributed by atoms with Crippen LogP contribution < -0.4 is 0 Å². The summed E-state index contributed by atoms with van der Waals surface area (Å²) in [6, 6.07) is 3.72. The van der Waals surface area contributed by atoms with E-state index in [-0.39, 0.29) is 6.61 Å². The first-order valence-corrected chi connectivity index (χ1v) is 5.42. The largest absolute Gasteiger partial charge is 0.389 e. The summed E-state index contributed by atoms with van der Waals surface area (Å²) in [5.41, 5.74) is 0.852. The number of aliphatic hydroxyl groups is 1. The van der Waals surface area contributed by atoms with Crippen molar-refractivity contribution in [2.75, 3.05) is 0 Å². The fraction of sp³-hybridized carbons (Fsp3) is 0.111. The average molecular weight is 233 g/mol. The van der Waals surface area contributed by atoms with Crippen molar-refractivity contribution in [2.45, 2.75) is 6.61 Å². The molecule has 0 aliphatic rings. The molecular weight excluding hydrogens is 226 g/mol. The number of aliphatic hydroxyl groups excluding tert-OH is 1. The lowest BCUT2D eigenvalue weighted by Crippen LogP contribution is -1.92. The molecule has 16 heavy (non-hydrogen) atoms. The molecule has 0 amide bonds. The van der Waals surface area contributed by atoms with Crippen molar-refractivity contribution in [1.29, 1.82) is 0 Å². The van der Waals surface area contributed by atoms with Crippen molar-refractivity contribution in [3.05, 3.63) is 29.5 Å². The van der Waals surface area contributed by atoms with Gasteiger partial charge in [0, 0.05) is 18.0 Å². The van der Waals surface area contributed by atoms with Crippen LogP contribution in [0.2, 0.25) is 0 Å². The summed E-state index contributed by atoms with van der Waals surface area (Å²) in [5, 5.41) is 21.8. The first-order valence-electron chi connectivity index (χ1n) is 4.61. The lowest BCUT2D eigenvalue weighted by molar-refractivity contribution is 0.280. The number of nitrogens with zero attached hydrogens (tertiary/aromatic N) is 5. The molecule has 0 saturated heterocycles. The second kappa shape index (κ2) is 3.62. The Bertz CT molecular complexity index is 617. The number of rotatable bonds is 2. The first-order chi connectivity index (χ1) is 7.88. The van der Waals surface area contributed by atoms with Gasteiger partial charge in [-0.3, -0.25) is 4.98 Å².